The van der Waals surface area contributed by atoms with Crippen LogP contribution in [-0.4, -0.2) is 28.2 Å². The number of alkyl carbamates (subject to hydrolysis) is 1. The molecule has 6 heteroatoms. The van der Waals surface area contributed by atoms with Gasteiger partial charge in [0.2, 0.25) is 0 Å². The third kappa shape index (κ3) is 3.81. The first-order valence-electron chi connectivity index (χ1n) is 6.59. The zero-order valence-electron chi connectivity index (χ0n) is 11.3. The smallest absolute Gasteiger partial charge is 0.407 e. The van der Waals surface area contributed by atoms with Crippen LogP contribution in [0, 0.1) is 0 Å². The van der Waals surface area contributed by atoms with Gasteiger partial charge in [-0.3, -0.25) is 4.98 Å². The fraction of sp³-hybridized carbons (Fsp3) is 0.615. The standard InChI is InChI=1S/C13H20N4O2/c1-8(2)17-13(18)19-10-4-3-9(5-10)11-6-16-12(14)7-15-11/h6-10H,3-5H2,1-2H3,(H2,14,16)(H,17,18). The molecule has 2 atom stereocenters. The van der Waals surface area contributed by atoms with E-state index in [9.17, 15) is 4.79 Å². The number of hydrogen-bond acceptors (Lipinski definition) is 5. The maximum absolute atomic E-state index is 11.5. The van der Waals surface area contributed by atoms with Crippen LogP contribution < -0.4 is 11.1 Å². The van der Waals surface area contributed by atoms with E-state index in [1.807, 2.05) is 13.8 Å². The molecular weight excluding hydrogens is 244 g/mol. The number of ether oxygens (including phenoxy) is 1. The normalized spacial score (nSPS) is 22.5. The molecule has 0 radical (unpaired) electrons. The number of hydrogen-bond donors (Lipinski definition) is 2. The first-order valence-corrected chi connectivity index (χ1v) is 6.59. The van der Waals surface area contributed by atoms with Gasteiger partial charge in [0.15, 0.2) is 0 Å². The molecule has 0 aromatic carbocycles. The zero-order valence-corrected chi connectivity index (χ0v) is 11.3. The van der Waals surface area contributed by atoms with E-state index in [0.29, 0.717) is 11.7 Å². The van der Waals surface area contributed by atoms with Crippen LogP contribution in [0.3, 0.4) is 0 Å². The average molecular weight is 264 g/mol. The Labute approximate surface area is 112 Å². The Morgan fingerprint density at radius 2 is 2.21 bits per heavy atom. The van der Waals surface area contributed by atoms with Gasteiger partial charge in [-0.05, 0) is 33.1 Å². The molecule has 1 saturated carbocycles. The van der Waals surface area contributed by atoms with Gasteiger partial charge in [0.05, 0.1) is 18.1 Å². The summed E-state index contributed by atoms with van der Waals surface area (Å²) in [4.78, 5) is 19.8. The highest BCUT2D eigenvalue weighted by molar-refractivity contribution is 5.67. The summed E-state index contributed by atoms with van der Waals surface area (Å²) in [7, 11) is 0. The van der Waals surface area contributed by atoms with Crippen LogP contribution in [-0.2, 0) is 4.74 Å². The molecule has 1 fully saturated rings. The van der Waals surface area contributed by atoms with Crippen molar-refractivity contribution in [2.75, 3.05) is 5.73 Å². The highest BCUT2D eigenvalue weighted by Gasteiger charge is 2.29. The maximum Gasteiger partial charge on any atom is 0.407 e. The molecule has 0 spiro atoms. The Bertz CT molecular complexity index is 433. The quantitative estimate of drug-likeness (QED) is 0.869. The fourth-order valence-corrected chi connectivity index (χ4v) is 2.30. The first-order chi connectivity index (χ1) is 9.04. The fourth-order valence-electron chi connectivity index (χ4n) is 2.30. The van der Waals surface area contributed by atoms with Crippen LogP contribution in [0.5, 0.6) is 0 Å². The molecule has 6 nitrogen and oxygen atoms in total. The number of nitrogens with zero attached hydrogens (tertiary/aromatic N) is 2. The third-order valence-electron chi connectivity index (χ3n) is 3.17. The van der Waals surface area contributed by atoms with E-state index in [1.54, 1.807) is 12.4 Å². The van der Waals surface area contributed by atoms with Crippen LogP contribution in [0.2, 0.25) is 0 Å². The molecule has 104 valence electrons. The molecule has 0 bridgehead atoms. The van der Waals surface area contributed by atoms with Gasteiger partial charge >= 0.3 is 6.09 Å². The number of carbonyl (C=O) groups is 1. The van der Waals surface area contributed by atoms with Gasteiger partial charge in [0.25, 0.3) is 0 Å². The lowest BCUT2D eigenvalue weighted by molar-refractivity contribution is 0.0981. The van der Waals surface area contributed by atoms with Crippen LogP contribution in [0.1, 0.15) is 44.7 Å². The van der Waals surface area contributed by atoms with Crippen molar-refractivity contribution in [1.82, 2.24) is 15.3 Å². The zero-order chi connectivity index (χ0) is 13.8. The Hall–Kier alpha value is -1.85. The van der Waals surface area contributed by atoms with E-state index in [0.717, 1.165) is 25.0 Å². The van der Waals surface area contributed by atoms with Gasteiger partial charge in [-0.25, -0.2) is 9.78 Å². The molecule has 0 aliphatic heterocycles. The minimum absolute atomic E-state index is 0.0388. The van der Waals surface area contributed by atoms with Crippen molar-refractivity contribution in [3.8, 4) is 0 Å². The second kappa shape index (κ2) is 5.86. The summed E-state index contributed by atoms with van der Waals surface area (Å²) in [6.07, 6.45) is 5.50. The lowest BCUT2D eigenvalue weighted by atomic mass is 10.0. The number of amides is 1. The summed E-state index contributed by atoms with van der Waals surface area (Å²) >= 11 is 0. The third-order valence-corrected chi connectivity index (χ3v) is 3.17. The van der Waals surface area contributed by atoms with Crippen LogP contribution in [0.4, 0.5) is 10.6 Å². The van der Waals surface area contributed by atoms with Crippen molar-refractivity contribution in [1.29, 1.82) is 0 Å². The van der Waals surface area contributed by atoms with Crippen molar-refractivity contribution >= 4 is 11.9 Å². The monoisotopic (exact) mass is 264 g/mol. The Morgan fingerprint density at radius 3 is 2.84 bits per heavy atom. The largest absolute Gasteiger partial charge is 0.446 e. The molecule has 19 heavy (non-hydrogen) atoms. The Morgan fingerprint density at radius 1 is 1.42 bits per heavy atom. The van der Waals surface area contributed by atoms with Crippen LogP contribution >= 0.6 is 0 Å². The van der Waals surface area contributed by atoms with Gasteiger partial charge in [0.1, 0.15) is 11.9 Å². The lowest BCUT2D eigenvalue weighted by Crippen LogP contribution is -2.33. The number of anilines is 1. The van der Waals surface area contributed by atoms with Gasteiger partial charge in [0, 0.05) is 12.0 Å². The minimum Gasteiger partial charge on any atom is -0.446 e. The summed E-state index contributed by atoms with van der Waals surface area (Å²) in [5, 5.41) is 2.73. The summed E-state index contributed by atoms with van der Waals surface area (Å²) < 4.78 is 5.37. The minimum atomic E-state index is -0.343. The molecular formula is C13H20N4O2. The molecule has 2 rings (SSSR count). The lowest BCUT2D eigenvalue weighted by Gasteiger charge is -2.14. The number of carbonyl (C=O) groups excluding carboxylic acids is 1. The predicted octanol–water partition coefficient (Wildman–Crippen LogP) is 1.83. The Kier molecular flexibility index (Phi) is 4.19. The first kappa shape index (κ1) is 13.6. The maximum atomic E-state index is 11.5. The van der Waals surface area contributed by atoms with Gasteiger partial charge in [-0.2, -0.15) is 0 Å². The molecule has 2 unspecified atom stereocenters. The summed E-state index contributed by atoms with van der Waals surface area (Å²) in [6, 6.07) is 0.0904. The van der Waals surface area contributed by atoms with E-state index in [-0.39, 0.29) is 18.2 Å². The van der Waals surface area contributed by atoms with Crippen molar-refractivity contribution in [2.45, 2.75) is 51.2 Å². The van der Waals surface area contributed by atoms with Crippen LogP contribution in [0.25, 0.3) is 0 Å². The molecule has 1 heterocycles. The van der Waals surface area contributed by atoms with Gasteiger partial charge in [-0.15, -0.1) is 0 Å². The number of nitrogens with one attached hydrogen (secondary N) is 1. The van der Waals surface area contributed by atoms with E-state index >= 15 is 0 Å². The summed E-state index contributed by atoms with van der Waals surface area (Å²) in [5.41, 5.74) is 6.43. The topological polar surface area (TPSA) is 90.1 Å². The second-order valence-corrected chi connectivity index (χ2v) is 5.20. The van der Waals surface area contributed by atoms with Crippen molar-refractivity contribution < 1.29 is 9.53 Å². The number of nitrogens with two attached hydrogens (primary N) is 1. The molecule has 3 N–H and O–H groups in total. The molecule has 1 aliphatic rings. The highest BCUT2D eigenvalue weighted by Crippen LogP contribution is 2.34. The SMILES string of the molecule is CC(C)NC(=O)OC1CCC(c2cnc(N)cn2)C1. The average Bonchev–Trinajstić information content (AvgIpc) is 2.77. The molecule has 1 aromatic rings. The summed E-state index contributed by atoms with van der Waals surface area (Å²) in [5.74, 6) is 0.718. The van der Waals surface area contributed by atoms with Crippen molar-refractivity contribution in [3.63, 3.8) is 0 Å². The molecule has 1 amide bonds. The molecule has 1 aromatic heterocycles. The number of nitrogen functional groups attached to an aromatic ring is 1. The second-order valence-electron chi connectivity index (χ2n) is 5.20. The van der Waals surface area contributed by atoms with Crippen LogP contribution in [0.15, 0.2) is 12.4 Å². The Balaban J connectivity index is 1.86. The molecule has 1 aliphatic carbocycles. The van der Waals surface area contributed by atoms with Gasteiger partial charge in [-0.1, -0.05) is 0 Å². The van der Waals surface area contributed by atoms with Gasteiger partial charge < -0.3 is 15.8 Å². The highest BCUT2D eigenvalue weighted by atomic mass is 16.6. The predicted molar refractivity (Wildman–Crippen MR) is 71.6 cm³/mol. The van der Waals surface area contributed by atoms with Crippen molar-refractivity contribution in [3.05, 3.63) is 18.1 Å². The number of rotatable bonds is 3. The van der Waals surface area contributed by atoms with E-state index in [4.69, 9.17) is 10.5 Å². The van der Waals surface area contributed by atoms with E-state index < -0.39 is 0 Å². The summed E-state index contributed by atoms with van der Waals surface area (Å²) in [6.45, 7) is 3.81. The molecule has 0 saturated heterocycles. The van der Waals surface area contributed by atoms with E-state index in [2.05, 4.69) is 15.3 Å². The van der Waals surface area contributed by atoms with E-state index in [1.165, 1.54) is 0 Å². The van der Waals surface area contributed by atoms with Crippen molar-refractivity contribution in [2.24, 2.45) is 0 Å². The number of aromatic nitrogens is 2.